The van der Waals surface area contributed by atoms with Crippen molar-refractivity contribution in [2.24, 2.45) is 11.1 Å². The smallest absolute Gasteiger partial charge is 0.426 e. The molecule has 1 aromatic rings. The highest BCUT2D eigenvalue weighted by molar-refractivity contribution is 6.43. The molecule has 6 nitrogen and oxygen atoms in total. The van der Waals surface area contributed by atoms with E-state index in [4.69, 9.17) is 4.84 Å². The Bertz CT molecular complexity index is 668. The van der Waals surface area contributed by atoms with Crippen molar-refractivity contribution in [1.82, 2.24) is 5.32 Å². The number of rotatable bonds is 6. The Kier molecular flexibility index (Phi) is 6.47. The minimum Gasteiger partial charge on any atom is -0.426 e. The first kappa shape index (κ1) is 20.5. The van der Waals surface area contributed by atoms with Crippen LogP contribution in [0.2, 0.25) is 0 Å². The Hall–Kier alpha value is -1.86. The number of oxime groups is 1. The van der Waals surface area contributed by atoms with Gasteiger partial charge in [-0.15, -0.1) is 0 Å². The van der Waals surface area contributed by atoms with E-state index in [-0.39, 0.29) is 17.2 Å². The molecule has 0 aromatic heterocycles. The van der Waals surface area contributed by atoms with E-state index >= 15 is 0 Å². The zero-order valence-electron chi connectivity index (χ0n) is 16.2. The van der Waals surface area contributed by atoms with E-state index in [0.29, 0.717) is 12.8 Å². The first-order valence-corrected chi connectivity index (χ1v) is 9.08. The van der Waals surface area contributed by atoms with Crippen LogP contribution in [0.15, 0.2) is 29.4 Å². The highest BCUT2D eigenvalue weighted by Gasteiger charge is 2.33. The summed E-state index contributed by atoms with van der Waals surface area (Å²) < 4.78 is 0. The van der Waals surface area contributed by atoms with E-state index in [1.54, 1.807) is 0 Å². The van der Waals surface area contributed by atoms with Crippen LogP contribution in [0.4, 0.5) is 0 Å². The first-order valence-electron chi connectivity index (χ1n) is 9.08. The summed E-state index contributed by atoms with van der Waals surface area (Å²) in [6, 6.07) is 8.08. The molecule has 1 aliphatic rings. The van der Waals surface area contributed by atoms with Gasteiger partial charge in [0.05, 0.1) is 11.7 Å². The summed E-state index contributed by atoms with van der Waals surface area (Å²) in [5.74, 6) is -0.882. The molecule has 0 fully saturated rings. The van der Waals surface area contributed by atoms with Gasteiger partial charge in [0.1, 0.15) is 0 Å². The molecule has 0 aliphatic carbocycles. The quantitative estimate of drug-likeness (QED) is 0.677. The second-order valence-electron chi connectivity index (χ2n) is 8.33. The van der Waals surface area contributed by atoms with Crippen molar-refractivity contribution in [3.63, 3.8) is 0 Å². The van der Waals surface area contributed by atoms with Gasteiger partial charge in [-0.1, -0.05) is 58.0 Å². The number of hydrogen-bond donors (Lipinski definition) is 3. The molecule has 1 aromatic carbocycles. The average Bonchev–Trinajstić information content (AvgIpc) is 3.03. The number of nitrogens with zero attached hydrogens (tertiary/aromatic N) is 1. The maximum Gasteiger partial charge on any atom is 0.475 e. The van der Waals surface area contributed by atoms with Crippen molar-refractivity contribution in [2.45, 2.75) is 64.9 Å². The lowest BCUT2D eigenvalue weighted by atomic mass is 9.75. The SMILES string of the molecule is CC(C)CC(NC(=O)C1CC(c2cccc(C(C)(C)C)c2)=NO1)B(O)O. The number of nitrogens with one attached hydrogen (secondary N) is 1. The van der Waals surface area contributed by atoms with Crippen LogP contribution in [-0.2, 0) is 15.0 Å². The molecule has 0 spiro atoms. The van der Waals surface area contributed by atoms with Crippen LogP contribution in [-0.4, -0.2) is 40.8 Å². The minimum atomic E-state index is -1.60. The Morgan fingerprint density at radius 3 is 2.65 bits per heavy atom. The van der Waals surface area contributed by atoms with Crippen LogP contribution >= 0.6 is 0 Å². The number of amides is 1. The topological polar surface area (TPSA) is 91.2 Å². The van der Waals surface area contributed by atoms with E-state index in [1.165, 1.54) is 5.56 Å². The van der Waals surface area contributed by atoms with Crippen LogP contribution in [0, 0.1) is 5.92 Å². The van der Waals surface area contributed by atoms with Crippen LogP contribution in [0.25, 0.3) is 0 Å². The number of carbonyl (C=O) groups is 1. The fraction of sp³-hybridized carbons (Fsp3) is 0.579. The standard InChI is InChI=1S/C19H29BN2O4/c1-12(2)9-17(20(24)25)21-18(23)16-11-15(22-26-16)13-7-6-8-14(10-13)19(3,4)5/h6-8,10,12,16-17,24-25H,9,11H2,1-5H3,(H,21,23). The van der Waals surface area contributed by atoms with Crippen molar-refractivity contribution >= 4 is 18.7 Å². The molecule has 0 bridgehead atoms. The normalized spacial score (nSPS) is 18.3. The molecule has 2 atom stereocenters. The molecule has 0 saturated heterocycles. The van der Waals surface area contributed by atoms with E-state index in [0.717, 1.165) is 11.3 Å². The Morgan fingerprint density at radius 1 is 1.38 bits per heavy atom. The van der Waals surface area contributed by atoms with Crippen LogP contribution in [0.1, 0.15) is 58.6 Å². The zero-order chi connectivity index (χ0) is 19.5. The molecular weight excluding hydrogens is 331 g/mol. The van der Waals surface area contributed by atoms with E-state index in [2.05, 4.69) is 43.4 Å². The lowest BCUT2D eigenvalue weighted by molar-refractivity contribution is -0.131. The highest BCUT2D eigenvalue weighted by Crippen LogP contribution is 2.25. The molecule has 1 amide bonds. The maximum absolute atomic E-state index is 12.4. The summed E-state index contributed by atoms with van der Waals surface area (Å²) in [5, 5.41) is 25.7. The van der Waals surface area contributed by atoms with Gasteiger partial charge in [0.2, 0.25) is 6.10 Å². The zero-order valence-corrected chi connectivity index (χ0v) is 16.2. The molecule has 7 heteroatoms. The van der Waals surface area contributed by atoms with Crippen molar-refractivity contribution < 1.29 is 19.7 Å². The summed E-state index contributed by atoms with van der Waals surface area (Å²) in [6.07, 6.45) is 0.0732. The predicted molar refractivity (Wildman–Crippen MR) is 103 cm³/mol. The van der Waals surface area contributed by atoms with Crippen molar-refractivity contribution in [3.05, 3.63) is 35.4 Å². The summed E-state index contributed by atoms with van der Waals surface area (Å²) in [7, 11) is -1.60. The summed E-state index contributed by atoms with van der Waals surface area (Å²) in [5.41, 5.74) is 2.87. The largest absolute Gasteiger partial charge is 0.475 e. The van der Waals surface area contributed by atoms with E-state index in [1.807, 2.05) is 26.0 Å². The Balaban J connectivity index is 2.02. The summed E-state index contributed by atoms with van der Waals surface area (Å²) in [4.78, 5) is 17.7. The Morgan fingerprint density at radius 2 is 2.08 bits per heavy atom. The number of benzene rings is 1. The third kappa shape index (κ3) is 5.32. The van der Waals surface area contributed by atoms with Crippen molar-refractivity contribution in [3.8, 4) is 0 Å². The number of hydrogen-bond acceptors (Lipinski definition) is 5. The molecule has 1 heterocycles. The van der Waals surface area contributed by atoms with Gasteiger partial charge < -0.3 is 20.2 Å². The van der Waals surface area contributed by atoms with Gasteiger partial charge in [0.25, 0.3) is 5.91 Å². The molecule has 0 saturated carbocycles. The Labute approximate surface area is 155 Å². The lowest BCUT2D eigenvalue weighted by Crippen LogP contribution is -2.50. The van der Waals surface area contributed by atoms with Crippen LogP contribution < -0.4 is 5.32 Å². The lowest BCUT2D eigenvalue weighted by Gasteiger charge is -2.21. The van der Waals surface area contributed by atoms with Gasteiger partial charge in [-0.25, -0.2) is 0 Å². The fourth-order valence-corrected chi connectivity index (χ4v) is 2.89. The van der Waals surface area contributed by atoms with Gasteiger partial charge in [-0.2, -0.15) is 0 Å². The molecular formula is C19H29BN2O4. The average molecular weight is 360 g/mol. The molecule has 2 rings (SSSR count). The maximum atomic E-state index is 12.4. The molecule has 142 valence electrons. The second kappa shape index (κ2) is 8.23. The van der Waals surface area contributed by atoms with Crippen molar-refractivity contribution in [2.75, 3.05) is 0 Å². The van der Waals surface area contributed by atoms with Crippen LogP contribution in [0.5, 0.6) is 0 Å². The molecule has 0 radical (unpaired) electrons. The fourth-order valence-electron chi connectivity index (χ4n) is 2.89. The molecule has 1 aliphatic heterocycles. The summed E-state index contributed by atoms with van der Waals surface area (Å²) >= 11 is 0. The predicted octanol–water partition coefficient (Wildman–Crippen LogP) is 2.02. The van der Waals surface area contributed by atoms with E-state index < -0.39 is 19.2 Å². The van der Waals surface area contributed by atoms with E-state index in [9.17, 15) is 14.8 Å². The van der Waals surface area contributed by atoms with Gasteiger partial charge in [0, 0.05) is 6.42 Å². The first-order chi connectivity index (χ1) is 12.1. The van der Waals surface area contributed by atoms with Crippen molar-refractivity contribution in [1.29, 1.82) is 0 Å². The molecule has 3 N–H and O–H groups in total. The third-order valence-electron chi connectivity index (χ3n) is 4.44. The van der Waals surface area contributed by atoms with Gasteiger partial charge >= 0.3 is 7.12 Å². The highest BCUT2D eigenvalue weighted by atomic mass is 16.6. The van der Waals surface area contributed by atoms with Gasteiger partial charge in [-0.05, 0) is 34.9 Å². The summed E-state index contributed by atoms with van der Waals surface area (Å²) in [6.45, 7) is 10.3. The van der Waals surface area contributed by atoms with Gasteiger partial charge in [0.15, 0.2) is 0 Å². The minimum absolute atomic E-state index is 0.0220. The second-order valence-corrected chi connectivity index (χ2v) is 8.33. The van der Waals surface area contributed by atoms with Crippen LogP contribution in [0.3, 0.4) is 0 Å². The number of carbonyl (C=O) groups excluding carboxylic acids is 1. The molecule has 26 heavy (non-hydrogen) atoms. The van der Waals surface area contributed by atoms with Gasteiger partial charge in [-0.3, -0.25) is 4.79 Å². The molecule has 2 unspecified atom stereocenters. The monoisotopic (exact) mass is 360 g/mol. The third-order valence-corrected chi connectivity index (χ3v) is 4.44.